The van der Waals surface area contributed by atoms with Crippen LogP contribution >= 0.6 is 11.6 Å². The lowest BCUT2D eigenvalue weighted by molar-refractivity contribution is -0.122. The number of carbonyl (C=O) groups is 1. The second-order valence-electron chi connectivity index (χ2n) is 9.14. The third kappa shape index (κ3) is 5.51. The van der Waals surface area contributed by atoms with Gasteiger partial charge in [0.15, 0.2) is 18.2 Å². The van der Waals surface area contributed by atoms with Crippen LogP contribution in [0.25, 0.3) is 10.9 Å². The van der Waals surface area contributed by atoms with Gasteiger partial charge in [-0.3, -0.25) is 9.59 Å². The number of benzene rings is 1. The fraction of sp³-hybridized carbons (Fsp3) is 0.440. The van der Waals surface area contributed by atoms with Gasteiger partial charge in [-0.2, -0.15) is 4.98 Å². The molecule has 0 saturated carbocycles. The molecule has 0 spiro atoms. The summed E-state index contributed by atoms with van der Waals surface area (Å²) in [4.78, 5) is 35.8. The summed E-state index contributed by atoms with van der Waals surface area (Å²) in [6, 6.07) is 7.30. The van der Waals surface area contributed by atoms with Gasteiger partial charge in [0.2, 0.25) is 5.95 Å². The summed E-state index contributed by atoms with van der Waals surface area (Å²) in [5.74, 6) is 2.13. The molecule has 2 N–H and O–H groups in total. The van der Waals surface area contributed by atoms with Crippen LogP contribution in [0, 0.1) is 11.8 Å². The minimum Gasteiger partial charge on any atom is -0.478 e. The van der Waals surface area contributed by atoms with Crippen LogP contribution in [0.15, 0.2) is 35.3 Å². The molecule has 35 heavy (non-hydrogen) atoms. The first kappa shape index (κ1) is 24.8. The lowest BCUT2D eigenvalue weighted by Gasteiger charge is -2.35. The van der Waals surface area contributed by atoms with Crippen molar-refractivity contribution in [2.24, 2.45) is 11.8 Å². The van der Waals surface area contributed by atoms with Crippen molar-refractivity contribution in [3.8, 4) is 5.75 Å². The largest absolute Gasteiger partial charge is 0.478 e. The Bertz CT molecular complexity index is 1280. The monoisotopic (exact) mass is 498 g/mol. The van der Waals surface area contributed by atoms with Crippen LogP contribution < -0.4 is 25.8 Å². The van der Waals surface area contributed by atoms with Crippen molar-refractivity contribution in [1.82, 2.24) is 19.9 Å². The standard InChI is InChI=1S/C25H31ClN6O3/c1-5-32-20-7-6-18(9-17(20)10-21(24(32)34)35-14-22(33)27-4)29-23-19(26)11-28-25(30-23)31-12-15(2)8-16(3)13-31/h6-7,9-11,15-16H,5,8,12-14H2,1-4H3,(H,27,33)(H,28,29,30)/t15-,16+. The number of aryl methyl sites for hydroxylation is 1. The highest BCUT2D eigenvalue weighted by atomic mass is 35.5. The third-order valence-electron chi connectivity index (χ3n) is 6.16. The molecule has 4 rings (SSSR count). The van der Waals surface area contributed by atoms with Crippen molar-refractivity contribution >= 4 is 45.9 Å². The number of likely N-dealkylation sites (N-methyl/N-ethyl adjacent to an activating group) is 1. The van der Waals surface area contributed by atoms with Crippen molar-refractivity contribution in [2.75, 3.05) is 37.0 Å². The van der Waals surface area contributed by atoms with Crippen LogP contribution in [0.3, 0.4) is 0 Å². The number of piperidine rings is 1. The maximum atomic E-state index is 12.8. The van der Waals surface area contributed by atoms with Crippen LogP contribution in [0.5, 0.6) is 5.75 Å². The Morgan fingerprint density at radius 2 is 1.97 bits per heavy atom. The molecule has 9 nitrogen and oxygen atoms in total. The average Bonchev–Trinajstić information content (AvgIpc) is 2.83. The van der Waals surface area contributed by atoms with Crippen molar-refractivity contribution in [3.05, 3.63) is 45.8 Å². The topological polar surface area (TPSA) is 101 Å². The number of rotatable bonds is 7. The average molecular weight is 499 g/mol. The molecule has 1 fully saturated rings. The van der Waals surface area contributed by atoms with Crippen molar-refractivity contribution in [3.63, 3.8) is 0 Å². The summed E-state index contributed by atoms with van der Waals surface area (Å²) in [7, 11) is 1.52. The normalized spacial score (nSPS) is 17.9. The van der Waals surface area contributed by atoms with E-state index in [0.717, 1.165) is 29.7 Å². The summed E-state index contributed by atoms with van der Waals surface area (Å²) < 4.78 is 7.12. The Morgan fingerprint density at radius 3 is 2.66 bits per heavy atom. The Balaban J connectivity index is 1.65. The number of amides is 1. The van der Waals surface area contributed by atoms with E-state index in [2.05, 4.69) is 34.4 Å². The SMILES string of the molecule is CCn1c(=O)c(OCC(=O)NC)cc2cc(Nc3nc(N4C[C@H](C)C[C@H](C)C4)ncc3Cl)ccc21. The van der Waals surface area contributed by atoms with Gasteiger partial charge in [0, 0.05) is 37.8 Å². The van der Waals surface area contributed by atoms with E-state index in [0.29, 0.717) is 35.2 Å². The summed E-state index contributed by atoms with van der Waals surface area (Å²) in [5, 5.41) is 6.98. The number of pyridine rings is 1. The second-order valence-corrected chi connectivity index (χ2v) is 9.54. The van der Waals surface area contributed by atoms with Crippen LogP contribution in [0.4, 0.5) is 17.5 Å². The molecule has 0 unspecified atom stereocenters. The van der Waals surface area contributed by atoms with Gasteiger partial charge in [-0.15, -0.1) is 0 Å². The number of nitrogens with zero attached hydrogens (tertiary/aromatic N) is 4. The molecule has 3 heterocycles. The van der Waals surface area contributed by atoms with E-state index in [4.69, 9.17) is 21.3 Å². The van der Waals surface area contributed by atoms with E-state index in [1.165, 1.54) is 13.5 Å². The highest BCUT2D eigenvalue weighted by molar-refractivity contribution is 6.32. The zero-order valence-corrected chi connectivity index (χ0v) is 21.2. The molecule has 186 valence electrons. The lowest BCUT2D eigenvalue weighted by Crippen LogP contribution is -2.39. The maximum absolute atomic E-state index is 12.8. The van der Waals surface area contributed by atoms with Crippen LogP contribution in [-0.2, 0) is 11.3 Å². The van der Waals surface area contributed by atoms with E-state index in [1.54, 1.807) is 16.8 Å². The molecule has 0 radical (unpaired) electrons. The van der Waals surface area contributed by atoms with Crippen molar-refractivity contribution < 1.29 is 9.53 Å². The van der Waals surface area contributed by atoms with Gasteiger partial charge in [0.05, 0.1) is 11.7 Å². The molecule has 2 atom stereocenters. The molecule has 1 amide bonds. The van der Waals surface area contributed by atoms with Crippen LogP contribution in [0.2, 0.25) is 5.02 Å². The van der Waals surface area contributed by atoms with E-state index < -0.39 is 0 Å². The van der Waals surface area contributed by atoms with E-state index in [-0.39, 0.29) is 23.8 Å². The summed E-state index contributed by atoms with van der Waals surface area (Å²) >= 11 is 6.43. The van der Waals surface area contributed by atoms with Gasteiger partial charge in [-0.1, -0.05) is 25.4 Å². The molecule has 1 aliphatic heterocycles. The van der Waals surface area contributed by atoms with Crippen molar-refractivity contribution in [2.45, 2.75) is 33.7 Å². The van der Waals surface area contributed by atoms with Crippen LogP contribution in [-0.4, -0.2) is 47.2 Å². The first-order chi connectivity index (χ1) is 16.8. The van der Waals surface area contributed by atoms with E-state index in [9.17, 15) is 9.59 Å². The first-order valence-electron chi connectivity index (χ1n) is 11.8. The Kier molecular flexibility index (Phi) is 7.45. The smallest absolute Gasteiger partial charge is 0.293 e. The Hall–Kier alpha value is -3.33. The number of aromatic nitrogens is 3. The number of hydrogen-bond donors (Lipinski definition) is 2. The lowest BCUT2D eigenvalue weighted by atomic mass is 9.92. The van der Waals surface area contributed by atoms with Crippen molar-refractivity contribution in [1.29, 1.82) is 0 Å². The maximum Gasteiger partial charge on any atom is 0.293 e. The molecule has 1 saturated heterocycles. The zero-order valence-electron chi connectivity index (χ0n) is 20.5. The summed E-state index contributed by atoms with van der Waals surface area (Å²) in [6.07, 6.45) is 2.82. The first-order valence-corrected chi connectivity index (χ1v) is 12.2. The molecule has 10 heteroatoms. The van der Waals surface area contributed by atoms with Gasteiger partial charge < -0.3 is 24.8 Å². The highest BCUT2D eigenvalue weighted by Gasteiger charge is 2.24. The van der Waals surface area contributed by atoms with Gasteiger partial charge in [0.1, 0.15) is 5.02 Å². The number of hydrogen-bond acceptors (Lipinski definition) is 7. The van der Waals surface area contributed by atoms with Gasteiger partial charge in [0.25, 0.3) is 11.5 Å². The second kappa shape index (κ2) is 10.5. The van der Waals surface area contributed by atoms with Crippen LogP contribution in [0.1, 0.15) is 27.2 Å². The number of fused-ring (bicyclic) bond motifs is 1. The fourth-order valence-electron chi connectivity index (χ4n) is 4.63. The molecular weight excluding hydrogens is 468 g/mol. The quantitative estimate of drug-likeness (QED) is 0.510. The van der Waals surface area contributed by atoms with Gasteiger partial charge >= 0.3 is 0 Å². The third-order valence-corrected chi connectivity index (χ3v) is 6.44. The molecule has 0 bridgehead atoms. The highest BCUT2D eigenvalue weighted by Crippen LogP contribution is 2.30. The molecular formula is C25H31ClN6O3. The minimum absolute atomic E-state index is 0.121. The number of nitrogens with one attached hydrogen (secondary N) is 2. The number of carbonyl (C=O) groups excluding carboxylic acids is 1. The number of anilines is 3. The molecule has 1 aliphatic rings. The van der Waals surface area contributed by atoms with Gasteiger partial charge in [-0.25, -0.2) is 4.98 Å². The molecule has 1 aromatic carbocycles. The minimum atomic E-state index is -0.310. The molecule has 3 aromatic rings. The number of halogens is 1. The van der Waals surface area contributed by atoms with Gasteiger partial charge in [-0.05, 0) is 49.4 Å². The van der Waals surface area contributed by atoms with E-state index >= 15 is 0 Å². The predicted octanol–water partition coefficient (Wildman–Crippen LogP) is 3.82. The number of ether oxygens (including phenoxy) is 1. The molecule has 2 aromatic heterocycles. The fourth-order valence-corrected chi connectivity index (χ4v) is 4.77. The Labute approximate surface area is 209 Å². The predicted molar refractivity (Wildman–Crippen MR) is 139 cm³/mol. The molecule has 0 aliphatic carbocycles. The van der Waals surface area contributed by atoms with E-state index in [1.807, 2.05) is 25.1 Å². The zero-order chi connectivity index (χ0) is 25.1. The summed E-state index contributed by atoms with van der Waals surface area (Å²) in [5.41, 5.74) is 1.24. The summed E-state index contributed by atoms with van der Waals surface area (Å²) in [6.45, 7) is 8.44. The Morgan fingerprint density at radius 1 is 1.23 bits per heavy atom.